The van der Waals surface area contributed by atoms with Crippen LogP contribution in [0.2, 0.25) is 0 Å². The number of rotatable bonds is 5. The predicted molar refractivity (Wildman–Crippen MR) is 79.8 cm³/mol. The Morgan fingerprint density at radius 1 is 1.29 bits per heavy atom. The van der Waals surface area contributed by atoms with Crippen molar-refractivity contribution in [1.29, 1.82) is 0 Å². The Labute approximate surface area is 125 Å². The standard InChI is InChI=1S/C16H23FN2O2/c1-18(2)16(20)13-7-9-19(10-8-13)11-12-21-15-5-3-14(17)4-6-15/h3-6,13H,7-12H2,1-2H3. The van der Waals surface area contributed by atoms with E-state index in [0.29, 0.717) is 12.4 Å². The number of likely N-dealkylation sites (tertiary alicyclic amines) is 1. The molecule has 1 aliphatic heterocycles. The molecule has 1 aliphatic rings. The van der Waals surface area contributed by atoms with Gasteiger partial charge >= 0.3 is 0 Å². The molecule has 21 heavy (non-hydrogen) atoms. The summed E-state index contributed by atoms with van der Waals surface area (Å²) in [5.74, 6) is 0.829. The lowest BCUT2D eigenvalue weighted by Crippen LogP contribution is -2.41. The topological polar surface area (TPSA) is 32.8 Å². The molecular formula is C16H23FN2O2. The summed E-state index contributed by atoms with van der Waals surface area (Å²) in [6.45, 7) is 3.27. The second kappa shape index (κ2) is 7.41. The Morgan fingerprint density at radius 2 is 1.90 bits per heavy atom. The molecule has 0 spiro atoms. The van der Waals surface area contributed by atoms with Gasteiger partial charge in [-0.3, -0.25) is 9.69 Å². The van der Waals surface area contributed by atoms with Gasteiger partial charge in [-0.25, -0.2) is 4.39 Å². The van der Waals surface area contributed by atoms with Gasteiger partial charge in [0.1, 0.15) is 18.2 Å². The van der Waals surface area contributed by atoms with Crippen molar-refractivity contribution in [2.75, 3.05) is 40.3 Å². The van der Waals surface area contributed by atoms with Crippen LogP contribution in [0.5, 0.6) is 5.75 Å². The van der Waals surface area contributed by atoms with Crippen molar-refractivity contribution in [1.82, 2.24) is 9.80 Å². The predicted octanol–water partition coefficient (Wildman–Crippen LogP) is 2.00. The minimum absolute atomic E-state index is 0.161. The number of hydrogen-bond donors (Lipinski definition) is 0. The fourth-order valence-electron chi connectivity index (χ4n) is 2.59. The van der Waals surface area contributed by atoms with Gasteiger partial charge in [0.25, 0.3) is 0 Å². The number of halogens is 1. The van der Waals surface area contributed by atoms with Gasteiger partial charge in [0.05, 0.1) is 0 Å². The maximum absolute atomic E-state index is 12.8. The van der Waals surface area contributed by atoms with Gasteiger partial charge in [-0.1, -0.05) is 0 Å². The third-order valence-corrected chi connectivity index (χ3v) is 3.87. The first kappa shape index (κ1) is 15.8. The van der Waals surface area contributed by atoms with Crippen LogP contribution in [-0.4, -0.2) is 56.0 Å². The van der Waals surface area contributed by atoms with E-state index in [1.807, 2.05) is 14.1 Å². The molecule has 0 unspecified atom stereocenters. The second-order valence-corrected chi connectivity index (χ2v) is 5.65. The van der Waals surface area contributed by atoms with Gasteiger partial charge in [0.2, 0.25) is 5.91 Å². The van der Waals surface area contributed by atoms with Crippen LogP contribution in [-0.2, 0) is 4.79 Å². The second-order valence-electron chi connectivity index (χ2n) is 5.65. The van der Waals surface area contributed by atoms with E-state index in [9.17, 15) is 9.18 Å². The lowest BCUT2D eigenvalue weighted by molar-refractivity contribution is -0.134. The van der Waals surface area contributed by atoms with Crippen LogP contribution in [0.15, 0.2) is 24.3 Å². The molecule has 0 atom stereocenters. The Kier molecular flexibility index (Phi) is 5.56. The zero-order chi connectivity index (χ0) is 15.2. The summed E-state index contributed by atoms with van der Waals surface area (Å²) in [7, 11) is 3.62. The summed E-state index contributed by atoms with van der Waals surface area (Å²) in [5.41, 5.74) is 0. The van der Waals surface area contributed by atoms with Gasteiger partial charge in [0.15, 0.2) is 0 Å². The molecule has 1 aromatic rings. The minimum Gasteiger partial charge on any atom is -0.492 e. The molecule has 4 nitrogen and oxygen atoms in total. The summed E-state index contributed by atoms with van der Waals surface area (Å²) in [5, 5.41) is 0. The molecule has 2 rings (SSSR count). The number of hydrogen-bond acceptors (Lipinski definition) is 3. The zero-order valence-corrected chi connectivity index (χ0v) is 12.7. The van der Waals surface area contributed by atoms with Crippen LogP contribution >= 0.6 is 0 Å². The van der Waals surface area contributed by atoms with Crippen LogP contribution in [0.25, 0.3) is 0 Å². The number of ether oxygens (including phenoxy) is 1. The summed E-state index contributed by atoms with van der Waals surface area (Å²) < 4.78 is 18.4. The molecule has 1 amide bonds. The smallest absolute Gasteiger partial charge is 0.225 e. The van der Waals surface area contributed by atoms with Gasteiger partial charge in [0, 0.05) is 26.6 Å². The van der Waals surface area contributed by atoms with E-state index < -0.39 is 0 Å². The highest BCUT2D eigenvalue weighted by molar-refractivity contribution is 5.78. The fraction of sp³-hybridized carbons (Fsp3) is 0.562. The van der Waals surface area contributed by atoms with Crippen LogP contribution < -0.4 is 4.74 Å². The first-order valence-electron chi connectivity index (χ1n) is 7.38. The van der Waals surface area contributed by atoms with Crippen molar-refractivity contribution < 1.29 is 13.9 Å². The molecule has 0 aliphatic carbocycles. The Bertz CT molecular complexity index is 454. The molecule has 1 aromatic carbocycles. The van der Waals surface area contributed by atoms with Crippen LogP contribution in [0, 0.1) is 11.7 Å². The summed E-state index contributed by atoms with van der Waals surface area (Å²) in [4.78, 5) is 15.9. The van der Waals surface area contributed by atoms with Gasteiger partial charge in [-0.2, -0.15) is 0 Å². The van der Waals surface area contributed by atoms with E-state index in [2.05, 4.69) is 4.90 Å². The number of carbonyl (C=O) groups is 1. The molecular weight excluding hydrogens is 271 g/mol. The maximum atomic E-state index is 12.8. The van der Waals surface area contributed by atoms with E-state index in [1.165, 1.54) is 12.1 Å². The van der Waals surface area contributed by atoms with Crippen LogP contribution in [0.3, 0.4) is 0 Å². The summed E-state index contributed by atoms with van der Waals surface area (Å²) >= 11 is 0. The number of piperidine rings is 1. The monoisotopic (exact) mass is 294 g/mol. The summed E-state index contributed by atoms with van der Waals surface area (Å²) in [6, 6.07) is 6.07. The number of amides is 1. The highest BCUT2D eigenvalue weighted by Crippen LogP contribution is 2.19. The zero-order valence-electron chi connectivity index (χ0n) is 12.7. The fourth-order valence-corrected chi connectivity index (χ4v) is 2.59. The van der Waals surface area contributed by atoms with Crippen molar-refractivity contribution in [3.05, 3.63) is 30.1 Å². The van der Waals surface area contributed by atoms with E-state index in [1.54, 1.807) is 17.0 Å². The van der Waals surface area contributed by atoms with Crippen molar-refractivity contribution in [3.8, 4) is 5.75 Å². The van der Waals surface area contributed by atoms with E-state index in [0.717, 1.165) is 32.5 Å². The number of benzene rings is 1. The average molecular weight is 294 g/mol. The highest BCUT2D eigenvalue weighted by Gasteiger charge is 2.25. The molecule has 0 saturated carbocycles. The minimum atomic E-state index is -0.255. The first-order valence-corrected chi connectivity index (χ1v) is 7.38. The lowest BCUT2D eigenvalue weighted by Gasteiger charge is -2.32. The Hall–Kier alpha value is -1.62. The molecule has 0 N–H and O–H groups in total. The molecule has 0 aromatic heterocycles. The molecule has 1 heterocycles. The van der Waals surface area contributed by atoms with Crippen LogP contribution in [0.1, 0.15) is 12.8 Å². The van der Waals surface area contributed by atoms with Crippen LogP contribution in [0.4, 0.5) is 4.39 Å². The first-order chi connectivity index (χ1) is 10.1. The van der Waals surface area contributed by atoms with Crippen molar-refractivity contribution in [3.63, 3.8) is 0 Å². The van der Waals surface area contributed by atoms with Gasteiger partial charge < -0.3 is 9.64 Å². The van der Waals surface area contributed by atoms with E-state index in [-0.39, 0.29) is 17.6 Å². The van der Waals surface area contributed by atoms with Crippen molar-refractivity contribution >= 4 is 5.91 Å². The molecule has 0 radical (unpaired) electrons. The third kappa shape index (κ3) is 4.70. The van der Waals surface area contributed by atoms with Gasteiger partial charge in [-0.05, 0) is 50.2 Å². The average Bonchev–Trinajstić information content (AvgIpc) is 2.49. The number of carbonyl (C=O) groups excluding carboxylic acids is 1. The molecule has 1 fully saturated rings. The van der Waals surface area contributed by atoms with Crippen molar-refractivity contribution in [2.24, 2.45) is 5.92 Å². The number of nitrogens with zero attached hydrogens (tertiary/aromatic N) is 2. The normalized spacial score (nSPS) is 16.7. The molecule has 0 bridgehead atoms. The third-order valence-electron chi connectivity index (χ3n) is 3.87. The summed E-state index contributed by atoms with van der Waals surface area (Å²) in [6.07, 6.45) is 1.82. The Morgan fingerprint density at radius 3 is 2.48 bits per heavy atom. The highest BCUT2D eigenvalue weighted by atomic mass is 19.1. The Balaban J connectivity index is 1.67. The quantitative estimate of drug-likeness (QED) is 0.833. The molecule has 116 valence electrons. The van der Waals surface area contributed by atoms with E-state index in [4.69, 9.17) is 4.74 Å². The lowest BCUT2D eigenvalue weighted by atomic mass is 9.95. The van der Waals surface area contributed by atoms with Crippen molar-refractivity contribution in [2.45, 2.75) is 12.8 Å². The van der Waals surface area contributed by atoms with Gasteiger partial charge in [-0.15, -0.1) is 0 Å². The SMILES string of the molecule is CN(C)C(=O)C1CCN(CCOc2ccc(F)cc2)CC1. The molecule has 5 heteroatoms. The molecule has 1 saturated heterocycles. The maximum Gasteiger partial charge on any atom is 0.225 e. The van der Waals surface area contributed by atoms with E-state index >= 15 is 0 Å². The largest absolute Gasteiger partial charge is 0.492 e.